The minimum atomic E-state index is -2.26. The van der Waals surface area contributed by atoms with Gasteiger partial charge in [-0.15, -0.1) is 0 Å². The van der Waals surface area contributed by atoms with Gasteiger partial charge in [-0.2, -0.15) is 8.78 Å². The molecule has 0 aliphatic rings. The van der Waals surface area contributed by atoms with Gasteiger partial charge in [0.15, 0.2) is 5.83 Å². The topological polar surface area (TPSA) is 0 Å². The lowest BCUT2D eigenvalue weighted by atomic mass is 9.89. The van der Waals surface area contributed by atoms with Gasteiger partial charge in [-0.3, -0.25) is 0 Å². The van der Waals surface area contributed by atoms with Crippen LogP contribution in [0.15, 0.2) is 6.08 Å². The molecule has 88 valence electrons. The Morgan fingerprint density at radius 2 is 0.938 bits per heavy atom. The molecule has 0 fully saturated rings. The zero-order chi connectivity index (χ0) is 12.6. The molecule has 1 aromatic rings. The lowest BCUT2D eigenvalue weighted by Crippen LogP contribution is -2.01. The summed E-state index contributed by atoms with van der Waals surface area (Å²) < 4.78 is 38.1. The fourth-order valence-electron chi connectivity index (χ4n) is 1.92. The highest BCUT2D eigenvalue weighted by Gasteiger charge is 2.18. The maximum absolute atomic E-state index is 13.4. The third-order valence-corrected chi connectivity index (χ3v) is 3.39. The molecule has 3 heteroatoms. The molecule has 0 heterocycles. The molecule has 1 rings (SSSR count). The molecule has 0 nitrogen and oxygen atoms in total. The summed E-state index contributed by atoms with van der Waals surface area (Å²) >= 11 is 0. The van der Waals surface area contributed by atoms with Crippen LogP contribution in [0.25, 0.3) is 5.83 Å². The largest absolute Gasteiger partial charge is 0.306 e. The summed E-state index contributed by atoms with van der Waals surface area (Å²) in [4.78, 5) is 0. The lowest BCUT2D eigenvalue weighted by Gasteiger charge is -2.17. The summed E-state index contributed by atoms with van der Waals surface area (Å²) in [6.07, 6.45) is -2.26. The minimum Gasteiger partial charge on any atom is -0.200 e. The molecule has 0 spiro atoms. The summed E-state index contributed by atoms with van der Waals surface area (Å²) in [5.41, 5.74) is 3.99. The molecular formula is C13H15F3. The van der Waals surface area contributed by atoms with Crippen LogP contribution in [-0.4, -0.2) is 0 Å². The minimum absolute atomic E-state index is 0.0422. The number of rotatable bonds is 1. The second-order valence-corrected chi connectivity index (χ2v) is 4.07. The fourth-order valence-corrected chi connectivity index (χ4v) is 1.92. The molecule has 0 saturated heterocycles. The zero-order valence-electron chi connectivity index (χ0n) is 10.1. The average Bonchev–Trinajstić information content (AvgIpc) is 2.23. The van der Waals surface area contributed by atoms with Crippen molar-refractivity contribution in [3.63, 3.8) is 0 Å². The highest BCUT2D eigenvalue weighted by atomic mass is 19.3. The molecule has 1 aromatic carbocycles. The number of hydrogen-bond donors (Lipinski definition) is 0. The van der Waals surface area contributed by atoms with E-state index in [1.54, 1.807) is 13.8 Å². The van der Waals surface area contributed by atoms with Gasteiger partial charge >= 0.3 is 6.08 Å². The standard InChI is InChI=1S/C13H15F3/c1-6-7(2)9(4)11(10(5)8(6)3)12(14)13(15)16/h1-5H3. The summed E-state index contributed by atoms with van der Waals surface area (Å²) in [6.45, 7) is 8.91. The van der Waals surface area contributed by atoms with Crippen LogP contribution in [0.5, 0.6) is 0 Å². The Morgan fingerprint density at radius 3 is 1.25 bits per heavy atom. The Balaban J connectivity index is 3.72. The quantitative estimate of drug-likeness (QED) is 0.649. The Labute approximate surface area is 93.8 Å². The first-order chi connectivity index (χ1) is 7.29. The second-order valence-electron chi connectivity index (χ2n) is 4.07. The maximum atomic E-state index is 13.4. The predicted octanol–water partition coefficient (Wildman–Crippen LogP) is 4.76. The molecule has 0 aromatic heterocycles. The average molecular weight is 228 g/mol. The first kappa shape index (κ1) is 12.8. The van der Waals surface area contributed by atoms with Crippen molar-refractivity contribution in [2.24, 2.45) is 0 Å². The van der Waals surface area contributed by atoms with Crippen LogP contribution in [-0.2, 0) is 0 Å². The van der Waals surface area contributed by atoms with Gasteiger partial charge in [0.2, 0.25) is 0 Å². The van der Waals surface area contributed by atoms with Gasteiger partial charge in [-0.05, 0) is 62.4 Å². The molecular weight excluding hydrogens is 213 g/mol. The molecule has 0 atom stereocenters. The first-order valence-electron chi connectivity index (χ1n) is 5.07. The molecule has 0 amide bonds. The van der Waals surface area contributed by atoms with E-state index in [-0.39, 0.29) is 5.56 Å². The third-order valence-electron chi connectivity index (χ3n) is 3.39. The summed E-state index contributed by atoms with van der Waals surface area (Å²) in [6, 6.07) is 0. The van der Waals surface area contributed by atoms with Gasteiger partial charge in [0, 0.05) is 5.56 Å². The van der Waals surface area contributed by atoms with Crippen molar-refractivity contribution in [1.82, 2.24) is 0 Å². The second kappa shape index (κ2) is 4.32. The van der Waals surface area contributed by atoms with E-state index >= 15 is 0 Å². The summed E-state index contributed by atoms with van der Waals surface area (Å²) in [5, 5.41) is 0. The summed E-state index contributed by atoms with van der Waals surface area (Å²) in [5.74, 6) is -1.40. The van der Waals surface area contributed by atoms with Crippen LogP contribution in [0.1, 0.15) is 33.4 Å². The van der Waals surface area contributed by atoms with Crippen molar-refractivity contribution >= 4 is 5.83 Å². The normalized spacial score (nSPS) is 10.5. The van der Waals surface area contributed by atoms with Gasteiger partial charge in [0.05, 0.1) is 0 Å². The van der Waals surface area contributed by atoms with Gasteiger partial charge < -0.3 is 0 Å². The Kier molecular flexibility index (Phi) is 3.46. The summed E-state index contributed by atoms with van der Waals surface area (Å²) in [7, 11) is 0. The third kappa shape index (κ3) is 1.86. The van der Waals surface area contributed by atoms with Crippen LogP contribution < -0.4 is 0 Å². The Bertz CT molecular complexity index is 438. The molecule has 0 aliphatic heterocycles. The Morgan fingerprint density at radius 1 is 0.625 bits per heavy atom. The van der Waals surface area contributed by atoms with Crippen molar-refractivity contribution in [3.8, 4) is 0 Å². The van der Waals surface area contributed by atoms with E-state index in [0.29, 0.717) is 11.1 Å². The van der Waals surface area contributed by atoms with Crippen molar-refractivity contribution in [2.75, 3.05) is 0 Å². The molecule has 0 aliphatic carbocycles. The number of benzene rings is 1. The van der Waals surface area contributed by atoms with E-state index in [4.69, 9.17) is 0 Å². The highest BCUT2D eigenvalue weighted by molar-refractivity contribution is 5.69. The lowest BCUT2D eigenvalue weighted by molar-refractivity contribution is 0.410. The van der Waals surface area contributed by atoms with E-state index in [2.05, 4.69) is 0 Å². The molecule has 0 radical (unpaired) electrons. The predicted molar refractivity (Wildman–Crippen MR) is 60.4 cm³/mol. The van der Waals surface area contributed by atoms with E-state index in [9.17, 15) is 13.2 Å². The van der Waals surface area contributed by atoms with Crippen LogP contribution >= 0.6 is 0 Å². The maximum Gasteiger partial charge on any atom is 0.306 e. The van der Waals surface area contributed by atoms with E-state index in [1.165, 1.54) is 0 Å². The van der Waals surface area contributed by atoms with Crippen molar-refractivity contribution in [2.45, 2.75) is 34.6 Å². The van der Waals surface area contributed by atoms with Crippen LogP contribution in [0, 0.1) is 34.6 Å². The van der Waals surface area contributed by atoms with Crippen LogP contribution in [0.2, 0.25) is 0 Å². The SMILES string of the molecule is Cc1c(C)c(C)c(C(F)=C(F)F)c(C)c1C. The van der Waals surface area contributed by atoms with Gasteiger partial charge in [0.25, 0.3) is 0 Å². The molecule has 16 heavy (non-hydrogen) atoms. The Hall–Kier alpha value is -1.25. The van der Waals surface area contributed by atoms with Crippen molar-refractivity contribution < 1.29 is 13.2 Å². The monoisotopic (exact) mass is 228 g/mol. The van der Waals surface area contributed by atoms with E-state index < -0.39 is 11.9 Å². The smallest absolute Gasteiger partial charge is 0.200 e. The fraction of sp³-hybridized carbons (Fsp3) is 0.385. The molecule has 0 saturated carbocycles. The highest BCUT2D eigenvalue weighted by Crippen LogP contribution is 2.33. The van der Waals surface area contributed by atoms with Gasteiger partial charge in [-0.25, -0.2) is 4.39 Å². The first-order valence-corrected chi connectivity index (χ1v) is 5.07. The van der Waals surface area contributed by atoms with Gasteiger partial charge in [0.1, 0.15) is 0 Å². The molecule has 0 unspecified atom stereocenters. The van der Waals surface area contributed by atoms with E-state index in [1.807, 2.05) is 20.8 Å². The van der Waals surface area contributed by atoms with Crippen LogP contribution in [0.3, 0.4) is 0 Å². The molecule has 0 N–H and O–H groups in total. The van der Waals surface area contributed by atoms with Crippen LogP contribution in [0.4, 0.5) is 13.2 Å². The van der Waals surface area contributed by atoms with Crippen molar-refractivity contribution in [3.05, 3.63) is 39.5 Å². The number of hydrogen-bond acceptors (Lipinski definition) is 0. The number of halogens is 3. The van der Waals surface area contributed by atoms with Crippen molar-refractivity contribution in [1.29, 1.82) is 0 Å². The zero-order valence-corrected chi connectivity index (χ0v) is 10.1. The molecule has 0 bridgehead atoms. The van der Waals surface area contributed by atoms with E-state index in [0.717, 1.165) is 16.7 Å². The van der Waals surface area contributed by atoms with Gasteiger partial charge in [-0.1, -0.05) is 0 Å².